The third-order valence-electron chi connectivity index (χ3n) is 3.98. The summed E-state index contributed by atoms with van der Waals surface area (Å²) in [6.07, 6.45) is 3.83. The molecule has 1 N–H and O–H groups in total. The summed E-state index contributed by atoms with van der Waals surface area (Å²) in [5, 5.41) is 12.1. The molecule has 0 aromatic carbocycles. The van der Waals surface area contributed by atoms with Crippen LogP contribution in [-0.2, 0) is 17.7 Å². The first-order valence-corrected chi connectivity index (χ1v) is 9.48. The number of ether oxygens (including phenoxy) is 1. The monoisotopic (exact) mass is 391 g/mol. The predicted molar refractivity (Wildman–Crippen MR) is 101 cm³/mol. The van der Waals surface area contributed by atoms with Gasteiger partial charge in [-0.05, 0) is 19.8 Å². The van der Waals surface area contributed by atoms with Crippen LogP contribution in [0.5, 0.6) is 0 Å². The molecule has 3 heterocycles. The molecule has 144 valence electrons. The van der Waals surface area contributed by atoms with E-state index in [0.717, 1.165) is 17.8 Å². The molecule has 0 atom stereocenters. The zero-order valence-corrected chi connectivity index (χ0v) is 16.3. The van der Waals surface area contributed by atoms with Crippen LogP contribution in [-0.4, -0.2) is 39.4 Å². The topological polar surface area (TPSA) is 112 Å². The maximum Gasteiger partial charge on any atom is 0.265 e. The lowest BCUT2D eigenvalue weighted by Crippen LogP contribution is -2.23. The quantitative estimate of drug-likeness (QED) is 0.587. The average molecular weight is 391 g/mol. The van der Waals surface area contributed by atoms with Gasteiger partial charge in [0.2, 0.25) is 10.8 Å². The molecule has 0 unspecified atom stereocenters. The number of carbonyl (C=O) groups is 1. The largest absolute Gasteiger partial charge is 0.442 e. The first kappa shape index (κ1) is 19.2. The van der Waals surface area contributed by atoms with Crippen LogP contribution in [0.25, 0.3) is 11.1 Å². The first-order valence-electron chi connectivity index (χ1n) is 8.66. The second-order valence-electron chi connectivity index (χ2n) is 6.01. The first-order chi connectivity index (χ1) is 13.0. The highest BCUT2D eigenvalue weighted by Gasteiger charge is 2.23. The summed E-state index contributed by atoms with van der Waals surface area (Å²) in [7, 11) is 1.60. The number of fused-ring (bicyclic) bond motifs is 1. The number of anilines is 1. The van der Waals surface area contributed by atoms with E-state index in [9.17, 15) is 9.59 Å². The van der Waals surface area contributed by atoms with Crippen LogP contribution in [0.15, 0.2) is 15.5 Å². The van der Waals surface area contributed by atoms with E-state index in [1.54, 1.807) is 14.0 Å². The Labute approximate surface area is 159 Å². The number of nitrogens with one attached hydrogen (secondary N) is 1. The lowest BCUT2D eigenvalue weighted by Gasteiger charge is -2.05. The molecule has 9 nitrogen and oxygen atoms in total. The van der Waals surface area contributed by atoms with E-state index in [1.807, 2.05) is 6.92 Å². The predicted octanol–water partition coefficient (Wildman–Crippen LogP) is 2.39. The molecule has 27 heavy (non-hydrogen) atoms. The number of hydrogen-bond acceptors (Lipinski definition) is 8. The molecule has 10 heteroatoms. The van der Waals surface area contributed by atoms with E-state index in [4.69, 9.17) is 9.15 Å². The Morgan fingerprint density at radius 2 is 2.22 bits per heavy atom. The summed E-state index contributed by atoms with van der Waals surface area (Å²) < 4.78 is 12.0. The van der Waals surface area contributed by atoms with E-state index >= 15 is 0 Å². The Bertz CT molecular complexity index is 1010. The molecule has 0 fully saturated rings. The van der Waals surface area contributed by atoms with Crippen LogP contribution in [0.2, 0.25) is 0 Å². The van der Waals surface area contributed by atoms with Gasteiger partial charge >= 0.3 is 0 Å². The van der Waals surface area contributed by atoms with Crippen molar-refractivity contribution >= 4 is 33.5 Å². The minimum absolute atomic E-state index is 0.148. The molecule has 0 spiro atoms. The molecule has 3 aromatic rings. The van der Waals surface area contributed by atoms with Crippen molar-refractivity contribution < 1.29 is 13.9 Å². The van der Waals surface area contributed by atoms with Gasteiger partial charge in [-0.2, -0.15) is 0 Å². The highest BCUT2D eigenvalue weighted by Crippen LogP contribution is 2.23. The van der Waals surface area contributed by atoms with Gasteiger partial charge in [0, 0.05) is 26.7 Å². The number of rotatable bonds is 8. The maximum atomic E-state index is 12.8. The molecule has 1 amide bonds. The maximum absolute atomic E-state index is 12.8. The van der Waals surface area contributed by atoms with Crippen LogP contribution in [0.4, 0.5) is 5.13 Å². The van der Waals surface area contributed by atoms with Gasteiger partial charge in [0.1, 0.15) is 22.5 Å². The minimum Gasteiger partial charge on any atom is -0.442 e. The number of aryl methyl sites for hydroxylation is 3. The number of nitrogens with zero attached hydrogens (tertiary/aromatic N) is 4. The molecule has 3 rings (SSSR count). The number of furan rings is 1. The Balaban J connectivity index is 1.92. The standard InChI is InChI=1S/C17H21N5O4S/c1-4-6-11-20-21-17(27-11)19-14(23)12-10(2)26-15-13(12)16(24)22(9-18-15)7-5-8-25-3/h9H,4-8H2,1-3H3,(H,19,21,23). The molecular formula is C17H21N5O4S. The van der Waals surface area contributed by atoms with Gasteiger partial charge in [-0.3, -0.25) is 19.5 Å². The molecule has 0 aliphatic heterocycles. The molecule has 0 aliphatic rings. The lowest BCUT2D eigenvalue weighted by molar-refractivity contribution is 0.102. The van der Waals surface area contributed by atoms with Gasteiger partial charge < -0.3 is 9.15 Å². The third kappa shape index (κ3) is 4.06. The zero-order chi connectivity index (χ0) is 19.4. The van der Waals surface area contributed by atoms with Crippen molar-refractivity contribution in [2.45, 2.75) is 39.7 Å². The minimum atomic E-state index is -0.459. The van der Waals surface area contributed by atoms with Gasteiger partial charge in [-0.25, -0.2) is 4.98 Å². The molecular weight excluding hydrogens is 370 g/mol. The molecule has 0 aliphatic carbocycles. The van der Waals surface area contributed by atoms with Crippen molar-refractivity contribution in [3.05, 3.63) is 33.0 Å². The summed E-state index contributed by atoms with van der Waals surface area (Å²) in [5.41, 5.74) is 0.00690. The van der Waals surface area contributed by atoms with Crippen molar-refractivity contribution in [2.75, 3.05) is 19.0 Å². The van der Waals surface area contributed by atoms with Gasteiger partial charge in [0.25, 0.3) is 11.5 Å². The fourth-order valence-corrected chi connectivity index (χ4v) is 3.56. The van der Waals surface area contributed by atoms with E-state index in [-0.39, 0.29) is 22.2 Å². The highest BCUT2D eigenvalue weighted by atomic mass is 32.1. The number of amides is 1. The van der Waals surface area contributed by atoms with Crippen molar-refractivity contribution in [2.24, 2.45) is 0 Å². The van der Waals surface area contributed by atoms with Crippen molar-refractivity contribution in [3.63, 3.8) is 0 Å². The normalized spacial score (nSPS) is 11.2. The van der Waals surface area contributed by atoms with Crippen molar-refractivity contribution in [1.82, 2.24) is 19.7 Å². The summed E-state index contributed by atoms with van der Waals surface area (Å²) in [5.74, 6) is -0.126. The van der Waals surface area contributed by atoms with Gasteiger partial charge in [-0.1, -0.05) is 18.3 Å². The molecule has 0 saturated carbocycles. The summed E-state index contributed by atoms with van der Waals surface area (Å²) >= 11 is 1.32. The van der Waals surface area contributed by atoms with Gasteiger partial charge in [0.05, 0.1) is 5.56 Å². The smallest absolute Gasteiger partial charge is 0.265 e. The van der Waals surface area contributed by atoms with E-state index in [1.165, 1.54) is 22.2 Å². The SMILES string of the molecule is CCCc1nnc(NC(=O)c2c(C)oc3ncn(CCCOC)c(=O)c23)s1. The Hall–Kier alpha value is -2.59. The highest BCUT2D eigenvalue weighted by molar-refractivity contribution is 7.15. The molecule has 0 radical (unpaired) electrons. The summed E-state index contributed by atoms with van der Waals surface area (Å²) in [6, 6.07) is 0. The molecule has 0 bridgehead atoms. The molecule has 0 saturated heterocycles. The summed E-state index contributed by atoms with van der Waals surface area (Å²) in [6.45, 7) is 4.65. The fraction of sp³-hybridized carbons (Fsp3) is 0.471. The Morgan fingerprint density at radius 3 is 2.96 bits per heavy atom. The zero-order valence-electron chi connectivity index (χ0n) is 15.4. The van der Waals surface area contributed by atoms with Crippen LogP contribution in [0.3, 0.4) is 0 Å². The number of aromatic nitrogens is 4. The molecule has 3 aromatic heterocycles. The van der Waals surface area contributed by atoms with E-state index in [0.29, 0.717) is 30.5 Å². The Kier molecular flexibility index (Phi) is 5.97. The number of carbonyl (C=O) groups excluding carboxylic acids is 1. The van der Waals surface area contributed by atoms with Crippen molar-refractivity contribution in [1.29, 1.82) is 0 Å². The average Bonchev–Trinajstić information content (AvgIpc) is 3.21. The summed E-state index contributed by atoms with van der Waals surface area (Å²) in [4.78, 5) is 29.8. The van der Waals surface area contributed by atoms with Crippen molar-refractivity contribution in [3.8, 4) is 0 Å². The van der Waals surface area contributed by atoms with E-state index in [2.05, 4.69) is 20.5 Å². The third-order valence-corrected chi connectivity index (χ3v) is 4.88. The van der Waals surface area contributed by atoms with Crippen LogP contribution >= 0.6 is 11.3 Å². The van der Waals surface area contributed by atoms with Gasteiger partial charge in [0.15, 0.2) is 0 Å². The lowest BCUT2D eigenvalue weighted by atomic mass is 10.2. The van der Waals surface area contributed by atoms with E-state index < -0.39 is 5.91 Å². The second kappa shape index (κ2) is 8.40. The second-order valence-corrected chi connectivity index (χ2v) is 7.07. The van der Waals surface area contributed by atoms with Crippen LogP contribution < -0.4 is 10.9 Å². The van der Waals surface area contributed by atoms with Crippen LogP contribution in [0, 0.1) is 6.92 Å². The number of hydrogen-bond donors (Lipinski definition) is 1. The van der Waals surface area contributed by atoms with Crippen LogP contribution in [0.1, 0.15) is 40.9 Å². The number of methoxy groups -OCH3 is 1. The van der Waals surface area contributed by atoms with Gasteiger partial charge in [-0.15, -0.1) is 10.2 Å². The Morgan fingerprint density at radius 1 is 1.41 bits per heavy atom. The fourth-order valence-electron chi connectivity index (χ4n) is 2.73.